The van der Waals surface area contributed by atoms with Gasteiger partial charge in [0.25, 0.3) is 0 Å². The van der Waals surface area contributed by atoms with E-state index in [1.807, 2.05) is 25.1 Å². The van der Waals surface area contributed by atoms with Crippen LogP contribution in [0.5, 0.6) is 11.5 Å². The molecule has 1 heterocycles. The Morgan fingerprint density at radius 1 is 1.29 bits per heavy atom. The first kappa shape index (κ1) is 18.2. The van der Waals surface area contributed by atoms with Crippen LogP contribution in [0.15, 0.2) is 23.3 Å². The van der Waals surface area contributed by atoms with E-state index in [9.17, 15) is 0 Å². The molecule has 1 N–H and O–H groups in total. The van der Waals surface area contributed by atoms with Gasteiger partial charge >= 0.3 is 0 Å². The van der Waals surface area contributed by atoms with Crippen molar-refractivity contribution in [2.45, 2.75) is 39.5 Å². The summed E-state index contributed by atoms with van der Waals surface area (Å²) >= 11 is 5.18. The fourth-order valence-electron chi connectivity index (χ4n) is 2.21. The van der Waals surface area contributed by atoms with E-state index < -0.39 is 0 Å². The molecule has 0 amide bonds. The second kappa shape index (κ2) is 9.22. The third kappa shape index (κ3) is 4.67. The van der Waals surface area contributed by atoms with Gasteiger partial charge in [-0.3, -0.25) is 5.10 Å². The lowest BCUT2D eigenvalue weighted by molar-refractivity contribution is 0.286. The second-order valence-corrected chi connectivity index (χ2v) is 5.71. The Hall–Kier alpha value is -2.15. The molecule has 0 spiro atoms. The Bertz CT molecular complexity index is 736. The normalized spacial score (nSPS) is 11.1. The Morgan fingerprint density at radius 2 is 2.12 bits per heavy atom. The number of ether oxygens (including phenoxy) is 2. The summed E-state index contributed by atoms with van der Waals surface area (Å²) in [7, 11) is 1.64. The van der Waals surface area contributed by atoms with Crippen LogP contribution in [-0.4, -0.2) is 34.8 Å². The molecule has 0 saturated carbocycles. The monoisotopic (exact) mass is 348 g/mol. The number of methoxy groups -OCH3 is 1. The van der Waals surface area contributed by atoms with Crippen LogP contribution in [0.4, 0.5) is 0 Å². The van der Waals surface area contributed by atoms with Gasteiger partial charge < -0.3 is 9.47 Å². The van der Waals surface area contributed by atoms with E-state index in [-0.39, 0.29) is 0 Å². The Labute approximate surface area is 147 Å². The minimum atomic E-state index is 0.478. The van der Waals surface area contributed by atoms with Crippen LogP contribution in [0.1, 0.15) is 44.5 Å². The van der Waals surface area contributed by atoms with E-state index in [2.05, 4.69) is 22.2 Å². The van der Waals surface area contributed by atoms with Gasteiger partial charge in [-0.25, -0.2) is 0 Å². The van der Waals surface area contributed by atoms with Crippen LogP contribution in [0, 0.1) is 4.77 Å². The van der Waals surface area contributed by atoms with E-state index in [1.165, 1.54) is 6.42 Å². The maximum absolute atomic E-state index is 5.78. The summed E-state index contributed by atoms with van der Waals surface area (Å²) < 4.78 is 13.3. The highest BCUT2D eigenvalue weighted by Gasteiger charge is 2.06. The fraction of sp³-hybridized carbons (Fsp3) is 0.471. The number of H-pyrrole nitrogens is 1. The maximum Gasteiger partial charge on any atom is 0.216 e. The average Bonchev–Trinajstić information content (AvgIpc) is 2.97. The van der Waals surface area contributed by atoms with Gasteiger partial charge in [-0.15, -0.1) is 0 Å². The lowest BCUT2D eigenvalue weighted by Gasteiger charge is -2.11. The molecule has 0 bridgehead atoms. The minimum Gasteiger partial charge on any atom is -0.493 e. The SMILES string of the molecule is CCCCCOc1ccc(/C=N\n2c(CC)n[nH]c2=S)cc1OC. The predicted molar refractivity (Wildman–Crippen MR) is 97.8 cm³/mol. The van der Waals surface area contributed by atoms with Crippen LogP contribution >= 0.6 is 12.2 Å². The molecule has 0 aliphatic rings. The molecular weight excluding hydrogens is 324 g/mol. The van der Waals surface area contributed by atoms with Gasteiger partial charge in [-0.2, -0.15) is 14.9 Å². The molecule has 7 heteroatoms. The van der Waals surface area contributed by atoms with Gasteiger partial charge in [0, 0.05) is 6.42 Å². The smallest absolute Gasteiger partial charge is 0.216 e. The molecule has 1 aromatic heterocycles. The summed E-state index contributed by atoms with van der Waals surface area (Å²) in [6.45, 7) is 4.87. The number of aromatic amines is 1. The van der Waals surface area contributed by atoms with Crippen molar-refractivity contribution in [1.82, 2.24) is 14.9 Å². The largest absolute Gasteiger partial charge is 0.493 e. The van der Waals surface area contributed by atoms with Gasteiger partial charge in [-0.05, 0) is 42.4 Å². The zero-order chi connectivity index (χ0) is 17.4. The van der Waals surface area contributed by atoms with E-state index in [0.717, 1.165) is 36.4 Å². The highest BCUT2D eigenvalue weighted by Crippen LogP contribution is 2.27. The molecule has 1 aromatic carbocycles. The summed E-state index contributed by atoms with van der Waals surface area (Å²) in [4.78, 5) is 0. The number of unbranched alkanes of at least 4 members (excludes halogenated alkanes) is 2. The van der Waals surface area contributed by atoms with Gasteiger partial charge in [0.15, 0.2) is 17.3 Å². The number of nitrogens with zero attached hydrogens (tertiary/aromatic N) is 3. The third-order valence-electron chi connectivity index (χ3n) is 3.55. The summed E-state index contributed by atoms with van der Waals surface area (Å²) in [5.74, 6) is 2.24. The molecule has 0 radical (unpaired) electrons. The summed E-state index contributed by atoms with van der Waals surface area (Å²) in [5.41, 5.74) is 0.901. The van der Waals surface area contributed by atoms with Crippen molar-refractivity contribution in [3.8, 4) is 11.5 Å². The highest BCUT2D eigenvalue weighted by atomic mass is 32.1. The lowest BCUT2D eigenvalue weighted by atomic mass is 10.2. The quantitative estimate of drug-likeness (QED) is 0.423. The van der Waals surface area contributed by atoms with Crippen LogP contribution in [0.2, 0.25) is 0 Å². The molecular formula is C17H24N4O2S. The van der Waals surface area contributed by atoms with Crippen molar-refractivity contribution in [2.24, 2.45) is 5.10 Å². The number of nitrogens with one attached hydrogen (secondary N) is 1. The molecule has 0 fully saturated rings. The molecule has 2 aromatic rings. The lowest BCUT2D eigenvalue weighted by Crippen LogP contribution is -2.00. The number of hydrogen-bond donors (Lipinski definition) is 1. The van der Waals surface area contributed by atoms with Crippen LogP contribution in [-0.2, 0) is 6.42 Å². The molecule has 24 heavy (non-hydrogen) atoms. The Balaban J connectivity index is 2.12. The first-order valence-electron chi connectivity index (χ1n) is 8.21. The summed E-state index contributed by atoms with van der Waals surface area (Å²) in [6, 6.07) is 5.74. The predicted octanol–water partition coefficient (Wildman–Crippen LogP) is 3.96. The van der Waals surface area contributed by atoms with Gasteiger partial charge in [0.1, 0.15) is 0 Å². The molecule has 0 aliphatic carbocycles. The van der Waals surface area contributed by atoms with E-state index >= 15 is 0 Å². The number of aromatic nitrogens is 3. The topological polar surface area (TPSA) is 64.4 Å². The molecule has 2 rings (SSSR count). The number of rotatable bonds is 9. The second-order valence-electron chi connectivity index (χ2n) is 5.32. The first-order chi connectivity index (χ1) is 11.7. The molecule has 0 unspecified atom stereocenters. The average molecular weight is 348 g/mol. The van der Waals surface area contributed by atoms with Gasteiger partial charge in [-0.1, -0.05) is 26.7 Å². The van der Waals surface area contributed by atoms with Crippen LogP contribution < -0.4 is 9.47 Å². The molecule has 0 aliphatic heterocycles. The van der Waals surface area contributed by atoms with E-state index in [1.54, 1.807) is 18.0 Å². The van der Waals surface area contributed by atoms with Crippen molar-refractivity contribution in [3.05, 3.63) is 34.4 Å². The van der Waals surface area contributed by atoms with Crippen molar-refractivity contribution in [1.29, 1.82) is 0 Å². The number of benzene rings is 1. The number of hydrogen-bond acceptors (Lipinski definition) is 5. The Kier molecular flexibility index (Phi) is 6.99. The maximum atomic E-state index is 5.78. The molecule has 0 saturated heterocycles. The molecule has 0 atom stereocenters. The zero-order valence-electron chi connectivity index (χ0n) is 14.4. The minimum absolute atomic E-state index is 0.478. The van der Waals surface area contributed by atoms with Crippen molar-refractivity contribution < 1.29 is 9.47 Å². The fourth-order valence-corrected chi connectivity index (χ4v) is 2.41. The van der Waals surface area contributed by atoms with Crippen molar-refractivity contribution in [2.75, 3.05) is 13.7 Å². The van der Waals surface area contributed by atoms with Crippen molar-refractivity contribution >= 4 is 18.4 Å². The first-order valence-corrected chi connectivity index (χ1v) is 8.61. The van der Waals surface area contributed by atoms with E-state index in [0.29, 0.717) is 17.1 Å². The van der Waals surface area contributed by atoms with Crippen LogP contribution in [0.3, 0.4) is 0 Å². The summed E-state index contributed by atoms with van der Waals surface area (Å²) in [6.07, 6.45) is 5.86. The Morgan fingerprint density at radius 3 is 2.83 bits per heavy atom. The van der Waals surface area contributed by atoms with E-state index in [4.69, 9.17) is 21.7 Å². The highest BCUT2D eigenvalue weighted by molar-refractivity contribution is 7.71. The van der Waals surface area contributed by atoms with Gasteiger partial charge in [0.05, 0.1) is 19.9 Å². The standard InChI is InChI=1S/C17H24N4O2S/c1-4-6-7-10-23-14-9-8-13(11-15(14)22-3)12-18-21-16(5-2)19-20-17(21)24/h8-9,11-12H,4-7,10H2,1-3H3,(H,20,24)/b18-12-. The zero-order valence-corrected chi connectivity index (χ0v) is 15.2. The number of aryl methyl sites for hydroxylation is 1. The molecule has 130 valence electrons. The van der Waals surface area contributed by atoms with Crippen molar-refractivity contribution in [3.63, 3.8) is 0 Å². The third-order valence-corrected chi connectivity index (χ3v) is 3.81. The van der Waals surface area contributed by atoms with Gasteiger partial charge in [0.2, 0.25) is 4.77 Å². The molecule has 6 nitrogen and oxygen atoms in total. The van der Waals surface area contributed by atoms with Crippen LogP contribution in [0.25, 0.3) is 0 Å². The summed E-state index contributed by atoms with van der Waals surface area (Å²) in [5, 5.41) is 11.3.